The lowest BCUT2D eigenvalue weighted by Gasteiger charge is -2.12. The first kappa shape index (κ1) is 14.6. The summed E-state index contributed by atoms with van der Waals surface area (Å²) in [6.07, 6.45) is 0. The highest BCUT2D eigenvalue weighted by atomic mass is 35.5. The molecule has 0 bridgehead atoms. The van der Waals surface area contributed by atoms with Gasteiger partial charge in [-0.15, -0.1) is 11.6 Å². The topological polar surface area (TPSA) is 17.8 Å². The predicted molar refractivity (Wildman–Crippen MR) is 85.3 cm³/mol. The van der Waals surface area contributed by atoms with Gasteiger partial charge in [0.25, 0.3) is 0 Å². The molecule has 0 fully saturated rings. The third kappa shape index (κ3) is 2.50. The fourth-order valence-electron chi connectivity index (χ4n) is 2.26. The van der Waals surface area contributed by atoms with Gasteiger partial charge in [0.05, 0.1) is 27.6 Å². The number of halogens is 4. The number of hydrogen-bond donors (Lipinski definition) is 0. The number of aryl methyl sites for hydroxylation is 1. The van der Waals surface area contributed by atoms with Crippen molar-refractivity contribution in [3.63, 3.8) is 0 Å². The van der Waals surface area contributed by atoms with Crippen molar-refractivity contribution >= 4 is 45.8 Å². The summed E-state index contributed by atoms with van der Waals surface area (Å²) >= 11 is 18.5. The summed E-state index contributed by atoms with van der Waals surface area (Å²) in [5.41, 5.74) is 2.76. The van der Waals surface area contributed by atoms with E-state index in [-0.39, 0.29) is 11.7 Å². The largest absolute Gasteiger partial charge is 0.294 e. The lowest BCUT2D eigenvalue weighted by atomic mass is 10.2. The molecule has 2 nitrogen and oxygen atoms in total. The molecule has 0 radical (unpaired) electrons. The maximum Gasteiger partial charge on any atom is 0.129 e. The van der Waals surface area contributed by atoms with Crippen LogP contribution in [0, 0.1) is 12.7 Å². The number of rotatable bonds is 2. The summed E-state index contributed by atoms with van der Waals surface area (Å²) < 4.78 is 15.3. The van der Waals surface area contributed by atoms with Gasteiger partial charge in [-0.05, 0) is 36.8 Å². The Kier molecular flexibility index (Phi) is 3.82. The van der Waals surface area contributed by atoms with Gasteiger partial charge in [-0.25, -0.2) is 9.37 Å². The van der Waals surface area contributed by atoms with Crippen LogP contribution in [0.1, 0.15) is 11.4 Å². The fraction of sp³-hybridized carbons (Fsp3) is 0.133. The molecular weight excluding hydrogens is 334 g/mol. The first-order valence-electron chi connectivity index (χ1n) is 6.20. The summed E-state index contributed by atoms with van der Waals surface area (Å²) in [5.74, 6) is 0.413. The third-order valence-corrected chi connectivity index (χ3v) is 4.22. The van der Waals surface area contributed by atoms with Crippen LogP contribution < -0.4 is 0 Å². The lowest BCUT2D eigenvalue weighted by Crippen LogP contribution is -2.01. The molecular formula is C15H10Cl3FN2. The van der Waals surface area contributed by atoms with Gasteiger partial charge in [-0.2, -0.15) is 0 Å². The minimum atomic E-state index is -0.348. The Hall–Kier alpha value is -1.29. The van der Waals surface area contributed by atoms with Gasteiger partial charge in [0, 0.05) is 11.1 Å². The van der Waals surface area contributed by atoms with E-state index in [1.807, 2.05) is 6.92 Å². The van der Waals surface area contributed by atoms with Crippen LogP contribution in [-0.4, -0.2) is 9.55 Å². The van der Waals surface area contributed by atoms with Crippen molar-refractivity contribution in [2.75, 3.05) is 0 Å². The highest BCUT2D eigenvalue weighted by Crippen LogP contribution is 2.32. The van der Waals surface area contributed by atoms with Crippen molar-refractivity contribution in [2.24, 2.45) is 0 Å². The zero-order valence-electron chi connectivity index (χ0n) is 11.0. The molecule has 21 heavy (non-hydrogen) atoms. The molecule has 0 saturated carbocycles. The van der Waals surface area contributed by atoms with E-state index in [9.17, 15) is 4.39 Å². The summed E-state index contributed by atoms with van der Waals surface area (Å²) in [6.45, 7) is 1.87. The van der Waals surface area contributed by atoms with Crippen molar-refractivity contribution < 1.29 is 4.39 Å². The number of aromatic nitrogens is 2. The molecule has 0 aliphatic heterocycles. The van der Waals surface area contributed by atoms with Crippen LogP contribution in [0.15, 0.2) is 30.3 Å². The average Bonchev–Trinajstić information content (AvgIpc) is 2.80. The molecule has 0 amide bonds. The van der Waals surface area contributed by atoms with E-state index in [2.05, 4.69) is 4.98 Å². The Balaban J connectivity index is 2.38. The van der Waals surface area contributed by atoms with Gasteiger partial charge in [0.2, 0.25) is 0 Å². The minimum Gasteiger partial charge on any atom is -0.294 e. The van der Waals surface area contributed by atoms with E-state index in [1.165, 1.54) is 12.1 Å². The molecule has 0 unspecified atom stereocenters. The fourth-order valence-corrected chi connectivity index (χ4v) is 2.90. The molecule has 0 aliphatic rings. The number of alkyl halides is 1. The second kappa shape index (κ2) is 5.48. The Morgan fingerprint density at radius 1 is 1.14 bits per heavy atom. The summed E-state index contributed by atoms with van der Waals surface area (Å²) in [4.78, 5) is 4.40. The number of fused-ring (bicyclic) bond motifs is 1. The maximum absolute atomic E-state index is 13.6. The van der Waals surface area contributed by atoms with Gasteiger partial charge in [-0.3, -0.25) is 4.57 Å². The molecule has 2 aromatic carbocycles. The molecule has 6 heteroatoms. The SMILES string of the molecule is Cc1cc(Cl)c(-n2c(CCl)nc3ccc(F)cc32)cc1Cl. The van der Waals surface area contributed by atoms with E-state index in [1.54, 1.807) is 22.8 Å². The van der Waals surface area contributed by atoms with Crippen molar-refractivity contribution in [1.82, 2.24) is 9.55 Å². The van der Waals surface area contributed by atoms with Crippen LogP contribution >= 0.6 is 34.8 Å². The van der Waals surface area contributed by atoms with Gasteiger partial charge in [0.15, 0.2) is 0 Å². The minimum absolute atomic E-state index is 0.179. The first-order chi connectivity index (χ1) is 10.0. The number of benzene rings is 2. The van der Waals surface area contributed by atoms with E-state index in [0.717, 1.165) is 5.56 Å². The van der Waals surface area contributed by atoms with Crippen LogP contribution in [0.4, 0.5) is 4.39 Å². The molecule has 1 aromatic heterocycles. The predicted octanol–water partition coefficient (Wildman–Crippen LogP) is 5.52. The Morgan fingerprint density at radius 2 is 1.90 bits per heavy atom. The van der Waals surface area contributed by atoms with Crippen molar-refractivity contribution in [2.45, 2.75) is 12.8 Å². The van der Waals surface area contributed by atoms with Gasteiger partial charge >= 0.3 is 0 Å². The average molecular weight is 344 g/mol. The van der Waals surface area contributed by atoms with E-state index < -0.39 is 0 Å². The standard InChI is InChI=1S/C15H10Cl3FN2/c1-8-4-11(18)13(6-10(8)17)21-14-5-9(19)2-3-12(14)20-15(21)7-16/h2-6H,7H2,1H3. The third-order valence-electron chi connectivity index (χ3n) is 3.27. The zero-order chi connectivity index (χ0) is 15.1. The van der Waals surface area contributed by atoms with E-state index in [4.69, 9.17) is 34.8 Å². The molecule has 0 atom stereocenters. The molecule has 0 spiro atoms. The van der Waals surface area contributed by atoms with Crippen LogP contribution in [0.3, 0.4) is 0 Å². The molecule has 0 saturated heterocycles. The zero-order valence-corrected chi connectivity index (χ0v) is 13.3. The molecule has 0 aliphatic carbocycles. The van der Waals surface area contributed by atoms with Gasteiger partial charge in [-0.1, -0.05) is 23.2 Å². The van der Waals surface area contributed by atoms with E-state index in [0.29, 0.717) is 32.6 Å². The number of nitrogens with zero attached hydrogens (tertiary/aromatic N) is 2. The highest BCUT2D eigenvalue weighted by Gasteiger charge is 2.16. The highest BCUT2D eigenvalue weighted by molar-refractivity contribution is 6.35. The maximum atomic E-state index is 13.6. The number of hydrogen-bond acceptors (Lipinski definition) is 1. The van der Waals surface area contributed by atoms with Gasteiger partial charge in [0.1, 0.15) is 11.6 Å². The van der Waals surface area contributed by atoms with Gasteiger partial charge < -0.3 is 0 Å². The Labute approximate surface area is 136 Å². The van der Waals surface area contributed by atoms with Crippen LogP contribution in [0.2, 0.25) is 10.0 Å². The Bertz CT molecular complexity index is 843. The summed E-state index contributed by atoms with van der Waals surface area (Å²) in [6, 6.07) is 7.88. The van der Waals surface area contributed by atoms with Crippen molar-refractivity contribution in [3.05, 3.63) is 57.6 Å². The van der Waals surface area contributed by atoms with E-state index >= 15 is 0 Å². The second-order valence-electron chi connectivity index (χ2n) is 4.68. The lowest BCUT2D eigenvalue weighted by molar-refractivity contribution is 0.629. The molecule has 0 N–H and O–H groups in total. The van der Waals surface area contributed by atoms with Crippen LogP contribution in [0.5, 0.6) is 0 Å². The monoisotopic (exact) mass is 342 g/mol. The Morgan fingerprint density at radius 3 is 2.62 bits per heavy atom. The molecule has 3 rings (SSSR count). The smallest absolute Gasteiger partial charge is 0.129 e. The summed E-state index contributed by atoms with van der Waals surface area (Å²) in [5, 5.41) is 1.08. The van der Waals surface area contributed by atoms with Crippen molar-refractivity contribution in [1.29, 1.82) is 0 Å². The summed E-state index contributed by atoms with van der Waals surface area (Å²) in [7, 11) is 0. The first-order valence-corrected chi connectivity index (χ1v) is 7.49. The van der Waals surface area contributed by atoms with Crippen LogP contribution in [0.25, 0.3) is 16.7 Å². The molecule has 108 valence electrons. The quantitative estimate of drug-likeness (QED) is 0.560. The number of imidazole rings is 1. The molecule has 3 aromatic rings. The molecule has 1 heterocycles. The van der Waals surface area contributed by atoms with Crippen molar-refractivity contribution in [3.8, 4) is 5.69 Å². The van der Waals surface area contributed by atoms with Crippen LogP contribution in [-0.2, 0) is 5.88 Å². The normalized spacial score (nSPS) is 11.3. The second-order valence-corrected chi connectivity index (χ2v) is 5.76.